The van der Waals surface area contributed by atoms with Gasteiger partial charge in [-0.15, -0.1) is 11.3 Å². The number of carbonyl (C=O) groups is 1. The van der Waals surface area contributed by atoms with E-state index in [1.165, 1.54) is 11.3 Å². The average Bonchev–Trinajstić information content (AvgIpc) is 2.74. The monoisotopic (exact) mass is 295 g/mol. The highest BCUT2D eigenvalue weighted by Crippen LogP contribution is 2.17. The molecular weight excluding hydrogens is 278 g/mol. The number of nitrogens with zero attached hydrogens (tertiary/aromatic N) is 2. The molecule has 0 atom stereocenters. The minimum absolute atomic E-state index is 0.102. The highest BCUT2D eigenvalue weighted by Gasteiger charge is 2.24. The number of carboxylic acid groups (broad SMARTS) is 1. The molecular formula is C13H17N3O3S. The van der Waals surface area contributed by atoms with Gasteiger partial charge in [0.1, 0.15) is 10.5 Å². The molecule has 6 nitrogen and oxygen atoms in total. The Balaban J connectivity index is 2.32. The Morgan fingerprint density at radius 2 is 2.20 bits per heavy atom. The van der Waals surface area contributed by atoms with Crippen LogP contribution in [0.1, 0.15) is 26.6 Å². The molecule has 2 aromatic rings. The van der Waals surface area contributed by atoms with Crippen LogP contribution in [0, 0.1) is 0 Å². The molecule has 0 amide bonds. The van der Waals surface area contributed by atoms with Gasteiger partial charge in [-0.05, 0) is 32.2 Å². The number of H-pyrrole nitrogens is 1. The summed E-state index contributed by atoms with van der Waals surface area (Å²) in [5, 5.41) is 10.8. The molecule has 2 rings (SSSR count). The predicted molar refractivity (Wildman–Crippen MR) is 78.0 cm³/mol. The van der Waals surface area contributed by atoms with Crippen molar-refractivity contribution >= 4 is 27.5 Å². The van der Waals surface area contributed by atoms with Crippen LogP contribution in [0.3, 0.4) is 0 Å². The van der Waals surface area contributed by atoms with E-state index in [4.69, 9.17) is 5.11 Å². The molecule has 2 aromatic heterocycles. The molecule has 0 radical (unpaired) electrons. The van der Waals surface area contributed by atoms with Crippen molar-refractivity contribution in [1.29, 1.82) is 0 Å². The molecule has 0 aliphatic carbocycles. The second-order valence-corrected chi connectivity index (χ2v) is 6.48. The van der Waals surface area contributed by atoms with Crippen LogP contribution in [-0.4, -0.2) is 38.0 Å². The number of hydrogen-bond acceptors (Lipinski definition) is 5. The number of aromatic amines is 1. The molecule has 20 heavy (non-hydrogen) atoms. The second-order valence-electron chi connectivity index (χ2n) is 5.57. The summed E-state index contributed by atoms with van der Waals surface area (Å²) in [6.45, 7) is 5.97. The highest BCUT2D eigenvalue weighted by molar-refractivity contribution is 7.17. The SMILES string of the molecule is CC(C)(C)N(CC(=O)O)Cc1nc2ccsc2c(=O)[nH]1. The van der Waals surface area contributed by atoms with Gasteiger partial charge in [0.05, 0.1) is 18.6 Å². The lowest BCUT2D eigenvalue weighted by atomic mass is 10.1. The zero-order chi connectivity index (χ0) is 14.9. The number of aliphatic carboxylic acids is 1. The first-order chi connectivity index (χ1) is 9.27. The van der Waals surface area contributed by atoms with Crippen molar-refractivity contribution in [3.63, 3.8) is 0 Å². The molecule has 2 N–H and O–H groups in total. The Bertz CT molecular complexity index is 684. The number of nitrogens with one attached hydrogen (secondary N) is 1. The van der Waals surface area contributed by atoms with Crippen LogP contribution < -0.4 is 5.56 Å². The first kappa shape index (κ1) is 14.7. The third-order valence-corrected chi connectivity index (χ3v) is 3.88. The Morgan fingerprint density at radius 1 is 1.50 bits per heavy atom. The Morgan fingerprint density at radius 3 is 2.80 bits per heavy atom. The van der Waals surface area contributed by atoms with Gasteiger partial charge in [0.15, 0.2) is 0 Å². The summed E-state index contributed by atoms with van der Waals surface area (Å²) in [6, 6.07) is 1.79. The van der Waals surface area contributed by atoms with Gasteiger partial charge in [-0.1, -0.05) is 0 Å². The van der Waals surface area contributed by atoms with E-state index in [-0.39, 0.29) is 24.2 Å². The summed E-state index contributed by atoms with van der Waals surface area (Å²) in [4.78, 5) is 31.7. The molecule has 0 bridgehead atoms. The van der Waals surface area contributed by atoms with E-state index >= 15 is 0 Å². The van der Waals surface area contributed by atoms with Gasteiger partial charge >= 0.3 is 5.97 Å². The lowest BCUT2D eigenvalue weighted by molar-refractivity contribution is -0.140. The molecule has 0 saturated heterocycles. The number of thiophene rings is 1. The minimum Gasteiger partial charge on any atom is -0.480 e. The van der Waals surface area contributed by atoms with E-state index in [0.29, 0.717) is 16.0 Å². The normalized spacial score (nSPS) is 12.2. The van der Waals surface area contributed by atoms with E-state index in [1.54, 1.807) is 11.0 Å². The summed E-state index contributed by atoms with van der Waals surface area (Å²) >= 11 is 1.34. The third kappa shape index (κ3) is 3.23. The lowest BCUT2D eigenvalue weighted by Gasteiger charge is -2.33. The fourth-order valence-corrected chi connectivity index (χ4v) is 2.60. The van der Waals surface area contributed by atoms with Crippen molar-refractivity contribution in [3.8, 4) is 0 Å². The Labute approximate surface area is 120 Å². The summed E-state index contributed by atoms with van der Waals surface area (Å²) in [6.07, 6.45) is 0. The number of fused-ring (bicyclic) bond motifs is 1. The van der Waals surface area contributed by atoms with Crippen LogP contribution in [-0.2, 0) is 11.3 Å². The van der Waals surface area contributed by atoms with Crippen LogP contribution >= 0.6 is 11.3 Å². The maximum Gasteiger partial charge on any atom is 0.317 e. The highest BCUT2D eigenvalue weighted by atomic mass is 32.1. The lowest BCUT2D eigenvalue weighted by Crippen LogP contribution is -2.44. The summed E-state index contributed by atoms with van der Waals surface area (Å²) < 4.78 is 0.592. The molecule has 2 heterocycles. The van der Waals surface area contributed by atoms with Gasteiger partial charge in [-0.2, -0.15) is 0 Å². The molecule has 0 aromatic carbocycles. The fourth-order valence-electron chi connectivity index (χ4n) is 1.87. The van der Waals surface area contributed by atoms with Crippen LogP contribution in [0.2, 0.25) is 0 Å². The van der Waals surface area contributed by atoms with E-state index < -0.39 is 5.97 Å². The maximum atomic E-state index is 11.9. The maximum absolute atomic E-state index is 11.9. The van der Waals surface area contributed by atoms with E-state index in [0.717, 1.165) is 0 Å². The molecule has 108 valence electrons. The van der Waals surface area contributed by atoms with Gasteiger partial charge in [0, 0.05) is 5.54 Å². The quantitative estimate of drug-likeness (QED) is 0.896. The predicted octanol–water partition coefficient (Wildman–Crippen LogP) is 1.67. The molecule has 0 unspecified atom stereocenters. The zero-order valence-corrected chi connectivity index (χ0v) is 12.5. The van der Waals surface area contributed by atoms with E-state index in [2.05, 4.69) is 9.97 Å². The first-order valence-electron chi connectivity index (χ1n) is 6.20. The van der Waals surface area contributed by atoms with Crippen LogP contribution in [0.4, 0.5) is 0 Å². The van der Waals surface area contributed by atoms with Gasteiger partial charge in [0.2, 0.25) is 0 Å². The molecule has 0 aliphatic heterocycles. The van der Waals surface area contributed by atoms with Gasteiger partial charge in [0.25, 0.3) is 5.56 Å². The van der Waals surface area contributed by atoms with Crippen molar-refractivity contribution in [2.75, 3.05) is 6.54 Å². The topological polar surface area (TPSA) is 86.3 Å². The van der Waals surface area contributed by atoms with Crippen molar-refractivity contribution in [1.82, 2.24) is 14.9 Å². The number of carboxylic acids is 1. The average molecular weight is 295 g/mol. The molecule has 7 heteroatoms. The van der Waals surface area contributed by atoms with E-state index in [1.807, 2.05) is 26.2 Å². The van der Waals surface area contributed by atoms with Gasteiger partial charge in [-0.25, -0.2) is 4.98 Å². The Hall–Kier alpha value is -1.73. The second kappa shape index (κ2) is 5.34. The van der Waals surface area contributed by atoms with Crippen molar-refractivity contribution in [2.45, 2.75) is 32.9 Å². The van der Waals surface area contributed by atoms with Crippen molar-refractivity contribution in [3.05, 3.63) is 27.6 Å². The summed E-state index contributed by atoms with van der Waals surface area (Å²) in [5.41, 5.74) is 0.141. The number of hydrogen-bond donors (Lipinski definition) is 2. The minimum atomic E-state index is -0.904. The summed E-state index contributed by atoms with van der Waals surface area (Å²) in [7, 11) is 0. The zero-order valence-electron chi connectivity index (χ0n) is 11.6. The molecule has 0 saturated carbocycles. The molecule has 0 aliphatic rings. The van der Waals surface area contributed by atoms with Crippen molar-refractivity contribution < 1.29 is 9.90 Å². The molecule has 0 fully saturated rings. The molecule has 0 spiro atoms. The van der Waals surface area contributed by atoms with E-state index in [9.17, 15) is 9.59 Å². The fraction of sp³-hybridized carbons (Fsp3) is 0.462. The van der Waals surface area contributed by atoms with Crippen LogP contribution in [0.5, 0.6) is 0 Å². The van der Waals surface area contributed by atoms with Gasteiger partial charge in [-0.3, -0.25) is 14.5 Å². The van der Waals surface area contributed by atoms with Gasteiger partial charge < -0.3 is 10.1 Å². The van der Waals surface area contributed by atoms with Crippen LogP contribution in [0.25, 0.3) is 10.2 Å². The third-order valence-electron chi connectivity index (χ3n) is 2.98. The largest absolute Gasteiger partial charge is 0.480 e. The number of rotatable bonds is 4. The standard InChI is InChI=1S/C13H17N3O3S/c1-13(2,3)16(7-10(17)18)6-9-14-8-4-5-20-11(8)12(19)15-9/h4-5H,6-7H2,1-3H3,(H,17,18)(H,14,15,19). The summed E-state index contributed by atoms with van der Waals surface area (Å²) in [5.74, 6) is -0.420. The first-order valence-corrected chi connectivity index (χ1v) is 7.08. The smallest absolute Gasteiger partial charge is 0.317 e. The Kier molecular flexibility index (Phi) is 3.92. The van der Waals surface area contributed by atoms with Crippen molar-refractivity contribution in [2.24, 2.45) is 0 Å². The van der Waals surface area contributed by atoms with Crippen LogP contribution in [0.15, 0.2) is 16.2 Å². The number of aromatic nitrogens is 2.